The Morgan fingerprint density at radius 3 is 2.27 bits per heavy atom. The first-order valence-electron chi connectivity index (χ1n) is 10.6. The Morgan fingerprint density at radius 1 is 0.939 bits per heavy atom. The molecule has 0 unspecified atom stereocenters. The molecule has 6 heteroatoms. The van der Waals surface area contributed by atoms with Crippen molar-refractivity contribution in [3.63, 3.8) is 0 Å². The van der Waals surface area contributed by atoms with Crippen LogP contribution in [0.4, 0.5) is 5.69 Å². The Balaban J connectivity index is 1.59. The first-order chi connectivity index (χ1) is 16.2. The van der Waals surface area contributed by atoms with Crippen LogP contribution in [0.25, 0.3) is 0 Å². The van der Waals surface area contributed by atoms with Gasteiger partial charge in [-0.05, 0) is 0 Å². The number of nitrogens with zero attached hydrogens (tertiary/aromatic N) is 1. The average molecular weight is 505 g/mol. The molecule has 0 fully saturated rings. The maximum atomic E-state index is 12.9. The zero-order chi connectivity index (χ0) is 23.3. The number of carbonyl (C=O) groups is 2. The monoisotopic (exact) mass is 506 g/mol. The van der Waals surface area contributed by atoms with Gasteiger partial charge in [-0.15, -0.1) is 0 Å². The number of ether oxygens (including phenoxy) is 1. The molecule has 3 aromatic carbocycles. The number of benzene rings is 3. The normalized spacial score (nSPS) is 9.97. The molecule has 0 aliphatic rings. The predicted molar refractivity (Wildman–Crippen MR) is 133 cm³/mol. The molecule has 0 aromatic heterocycles. The van der Waals surface area contributed by atoms with Crippen molar-refractivity contribution in [1.29, 1.82) is 0 Å². The molecule has 0 saturated carbocycles. The predicted octanol–water partition coefficient (Wildman–Crippen LogP) is 3.03. The molecule has 0 saturated heterocycles. The van der Waals surface area contributed by atoms with Crippen LogP contribution in [0.15, 0.2) is 84.9 Å². The molecule has 0 atom stereocenters. The SMILES string of the molecule is COc1ccc(N(CC(=O)NCCC[Se]c2ccccc2)C(=O)C#Cc2ccccc2)cc1. The number of methoxy groups -OCH3 is 1. The molecule has 0 aliphatic heterocycles. The van der Waals surface area contributed by atoms with Crippen LogP contribution in [0.3, 0.4) is 0 Å². The quantitative estimate of drug-likeness (QED) is 0.276. The van der Waals surface area contributed by atoms with Crippen molar-refractivity contribution in [1.82, 2.24) is 5.32 Å². The second-order valence-electron chi connectivity index (χ2n) is 7.07. The topological polar surface area (TPSA) is 58.6 Å². The van der Waals surface area contributed by atoms with E-state index >= 15 is 0 Å². The van der Waals surface area contributed by atoms with Gasteiger partial charge in [-0.3, -0.25) is 0 Å². The molecule has 0 aliphatic carbocycles. The van der Waals surface area contributed by atoms with Crippen molar-refractivity contribution in [3.05, 3.63) is 90.5 Å². The van der Waals surface area contributed by atoms with Gasteiger partial charge in [0.15, 0.2) is 0 Å². The van der Waals surface area contributed by atoms with Gasteiger partial charge in [0.2, 0.25) is 0 Å². The molecule has 3 rings (SSSR count). The fourth-order valence-corrected chi connectivity index (χ4v) is 4.80. The van der Waals surface area contributed by atoms with Crippen molar-refractivity contribution in [2.45, 2.75) is 11.7 Å². The van der Waals surface area contributed by atoms with Crippen LogP contribution in [0.2, 0.25) is 5.32 Å². The third-order valence-electron chi connectivity index (χ3n) is 4.67. The van der Waals surface area contributed by atoms with E-state index in [-0.39, 0.29) is 12.5 Å². The van der Waals surface area contributed by atoms with Crippen molar-refractivity contribution in [2.24, 2.45) is 0 Å². The van der Waals surface area contributed by atoms with E-state index in [0.717, 1.165) is 17.3 Å². The van der Waals surface area contributed by atoms with Crippen LogP contribution < -0.4 is 19.4 Å². The summed E-state index contributed by atoms with van der Waals surface area (Å²) < 4.78 is 6.55. The van der Waals surface area contributed by atoms with Crippen LogP contribution in [0, 0.1) is 11.8 Å². The molecule has 3 aromatic rings. The van der Waals surface area contributed by atoms with Gasteiger partial charge < -0.3 is 0 Å². The van der Waals surface area contributed by atoms with Crippen LogP contribution in [0.5, 0.6) is 5.75 Å². The van der Waals surface area contributed by atoms with Gasteiger partial charge in [0.1, 0.15) is 0 Å². The van der Waals surface area contributed by atoms with Gasteiger partial charge in [-0.25, -0.2) is 0 Å². The van der Waals surface area contributed by atoms with E-state index in [9.17, 15) is 9.59 Å². The number of hydrogen-bond donors (Lipinski definition) is 1. The molecule has 168 valence electrons. The van der Waals surface area contributed by atoms with Crippen LogP contribution in [0.1, 0.15) is 12.0 Å². The zero-order valence-corrected chi connectivity index (χ0v) is 20.2. The molecule has 0 heterocycles. The Labute approximate surface area is 201 Å². The first kappa shape index (κ1) is 24.1. The number of anilines is 1. The second-order valence-corrected chi connectivity index (χ2v) is 9.52. The number of hydrogen-bond acceptors (Lipinski definition) is 3. The van der Waals surface area contributed by atoms with Crippen LogP contribution in [-0.4, -0.2) is 47.0 Å². The summed E-state index contributed by atoms with van der Waals surface area (Å²) in [6, 6.07) is 26.7. The Morgan fingerprint density at radius 2 is 1.61 bits per heavy atom. The van der Waals surface area contributed by atoms with E-state index in [2.05, 4.69) is 29.3 Å². The summed E-state index contributed by atoms with van der Waals surface area (Å²) in [6.45, 7) is 0.478. The number of nitrogens with one attached hydrogen (secondary N) is 1. The molecule has 0 radical (unpaired) electrons. The third kappa shape index (κ3) is 8.16. The second kappa shape index (κ2) is 13.1. The van der Waals surface area contributed by atoms with E-state index in [1.54, 1.807) is 31.4 Å². The zero-order valence-electron chi connectivity index (χ0n) is 18.5. The molecule has 5 nitrogen and oxygen atoms in total. The van der Waals surface area contributed by atoms with E-state index in [1.807, 2.05) is 48.5 Å². The minimum absolute atomic E-state index is 0.0988. The first-order valence-corrected chi connectivity index (χ1v) is 12.7. The maximum absolute atomic E-state index is 12.9. The van der Waals surface area contributed by atoms with Gasteiger partial charge >= 0.3 is 176 Å². The molecule has 0 bridgehead atoms. The number of rotatable bonds is 9. The third-order valence-corrected chi connectivity index (χ3v) is 6.98. The summed E-state index contributed by atoms with van der Waals surface area (Å²) in [5.41, 5.74) is 1.33. The summed E-state index contributed by atoms with van der Waals surface area (Å²) in [4.78, 5) is 26.9. The van der Waals surface area contributed by atoms with Crippen molar-refractivity contribution < 1.29 is 14.3 Å². The Hall–Kier alpha value is -3.52. The molecule has 2 amide bonds. The summed E-state index contributed by atoms with van der Waals surface area (Å²) >= 11 is 0.393. The van der Waals surface area contributed by atoms with Gasteiger partial charge in [-0.2, -0.15) is 0 Å². The van der Waals surface area contributed by atoms with Gasteiger partial charge in [0.05, 0.1) is 7.11 Å². The van der Waals surface area contributed by atoms with E-state index in [0.29, 0.717) is 32.9 Å². The fraction of sp³-hybridized carbons (Fsp3) is 0.185. The molecule has 0 spiro atoms. The summed E-state index contributed by atoms with van der Waals surface area (Å²) in [7, 11) is 1.58. The van der Waals surface area contributed by atoms with Crippen molar-refractivity contribution in [3.8, 4) is 17.6 Å². The van der Waals surface area contributed by atoms with Crippen molar-refractivity contribution in [2.75, 3.05) is 25.1 Å². The van der Waals surface area contributed by atoms with Gasteiger partial charge in [0.25, 0.3) is 0 Å². The molecular formula is C27H26N2O3Se. The standard InChI is InChI=1S/C27H26N2O3Se/c1-32-24-16-14-23(15-17-24)29(27(31)18-13-22-9-4-2-5-10-22)21-26(30)28-19-8-20-33-25-11-6-3-7-12-25/h2-7,9-12,14-17H,8,19-21H2,1H3,(H,28,30). The minimum atomic E-state index is -0.438. The summed E-state index contributed by atoms with van der Waals surface area (Å²) in [6.07, 6.45) is 0.894. The number of carbonyl (C=O) groups excluding carboxylic acids is 2. The molecular weight excluding hydrogens is 479 g/mol. The van der Waals surface area contributed by atoms with E-state index in [4.69, 9.17) is 4.74 Å². The molecule has 1 N–H and O–H groups in total. The number of amides is 2. The Bertz CT molecular complexity index is 1090. The summed E-state index contributed by atoms with van der Waals surface area (Å²) in [5, 5.41) is 3.97. The molecule has 33 heavy (non-hydrogen) atoms. The van der Waals surface area contributed by atoms with Gasteiger partial charge in [0, 0.05) is 0 Å². The van der Waals surface area contributed by atoms with E-state index in [1.165, 1.54) is 9.36 Å². The van der Waals surface area contributed by atoms with Crippen LogP contribution >= 0.6 is 0 Å². The van der Waals surface area contributed by atoms with E-state index < -0.39 is 5.91 Å². The summed E-state index contributed by atoms with van der Waals surface area (Å²) in [5.74, 6) is 5.54. The Kier molecular flexibility index (Phi) is 9.60. The van der Waals surface area contributed by atoms with Crippen LogP contribution in [-0.2, 0) is 9.59 Å². The average Bonchev–Trinajstić information content (AvgIpc) is 2.87. The van der Waals surface area contributed by atoms with Gasteiger partial charge in [-0.1, -0.05) is 18.2 Å². The van der Waals surface area contributed by atoms with Crippen molar-refractivity contribution >= 4 is 36.9 Å². The fourth-order valence-electron chi connectivity index (χ4n) is 2.96.